The number of nitrogens with one attached hydrogen (secondary N) is 1. The predicted molar refractivity (Wildman–Crippen MR) is 122 cm³/mol. The number of aliphatic hydroxyl groups is 1. The summed E-state index contributed by atoms with van der Waals surface area (Å²) in [7, 11) is 0. The van der Waals surface area contributed by atoms with Crippen LogP contribution in [0.25, 0.3) is 27.8 Å². The molecular formula is C24H21F3N6O3. The highest BCUT2D eigenvalue weighted by Gasteiger charge is 2.43. The molecule has 4 aromatic rings. The van der Waals surface area contributed by atoms with Crippen LogP contribution in [-0.4, -0.2) is 55.0 Å². The average molecular weight is 498 g/mol. The molecule has 9 nitrogen and oxygen atoms in total. The van der Waals surface area contributed by atoms with Crippen LogP contribution < -0.4 is 5.32 Å². The maximum atomic E-state index is 13.7. The topological polar surface area (TPSA) is 115 Å². The molecule has 0 radical (unpaired) electrons. The molecule has 2 N–H and O–H groups in total. The lowest BCUT2D eigenvalue weighted by molar-refractivity contribution is -0.117. The Morgan fingerprint density at radius 2 is 2.08 bits per heavy atom. The van der Waals surface area contributed by atoms with Gasteiger partial charge in [-0.05, 0) is 31.4 Å². The molecule has 2 aliphatic rings. The number of ether oxygens (including phenoxy) is 1. The van der Waals surface area contributed by atoms with Crippen molar-refractivity contribution in [3.63, 3.8) is 0 Å². The molecule has 0 bridgehead atoms. The summed E-state index contributed by atoms with van der Waals surface area (Å²) in [4.78, 5) is 24.7. The quantitative estimate of drug-likeness (QED) is 0.432. The molecule has 0 spiro atoms. The molecule has 0 aromatic carbocycles. The zero-order valence-electron chi connectivity index (χ0n) is 18.9. The van der Waals surface area contributed by atoms with E-state index < -0.39 is 35.7 Å². The molecule has 1 aliphatic heterocycles. The van der Waals surface area contributed by atoms with Crippen LogP contribution in [0.2, 0.25) is 0 Å². The maximum Gasteiger partial charge on any atom is 0.281 e. The van der Waals surface area contributed by atoms with Crippen LogP contribution >= 0.6 is 0 Å². The van der Waals surface area contributed by atoms with E-state index >= 15 is 0 Å². The summed E-state index contributed by atoms with van der Waals surface area (Å²) in [6, 6.07) is 4.90. The highest BCUT2D eigenvalue weighted by atomic mass is 19.3. The van der Waals surface area contributed by atoms with Crippen molar-refractivity contribution in [3.8, 4) is 11.4 Å². The van der Waals surface area contributed by atoms with Gasteiger partial charge in [-0.25, -0.2) is 27.7 Å². The third-order valence-electron chi connectivity index (χ3n) is 6.64. The number of nitrogens with zero attached hydrogens (tertiary/aromatic N) is 5. The van der Waals surface area contributed by atoms with E-state index in [0.717, 1.165) is 6.42 Å². The van der Waals surface area contributed by atoms with E-state index in [9.17, 15) is 23.1 Å². The Bertz CT molecular complexity index is 1490. The van der Waals surface area contributed by atoms with Gasteiger partial charge in [-0.3, -0.25) is 9.78 Å². The van der Waals surface area contributed by atoms with Gasteiger partial charge in [0.1, 0.15) is 23.3 Å². The van der Waals surface area contributed by atoms with Gasteiger partial charge >= 0.3 is 0 Å². The van der Waals surface area contributed by atoms with Crippen molar-refractivity contribution in [1.29, 1.82) is 0 Å². The molecule has 1 aliphatic carbocycles. The van der Waals surface area contributed by atoms with Crippen molar-refractivity contribution in [2.75, 3.05) is 18.5 Å². The number of hydrogen-bond acceptors (Lipinski definition) is 7. The van der Waals surface area contributed by atoms with Gasteiger partial charge in [0, 0.05) is 47.1 Å². The molecule has 186 valence electrons. The Hall–Kier alpha value is -3.64. The Morgan fingerprint density at radius 3 is 2.81 bits per heavy atom. The summed E-state index contributed by atoms with van der Waals surface area (Å²) in [5.41, 5.74) is -0.138. The number of carbonyl (C=O) groups excluding carboxylic acids is 1. The number of carbonyl (C=O) groups is 1. The van der Waals surface area contributed by atoms with E-state index in [2.05, 4.69) is 25.4 Å². The minimum atomic E-state index is -2.85. The van der Waals surface area contributed by atoms with E-state index in [0.29, 0.717) is 35.2 Å². The van der Waals surface area contributed by atoms with Gasteiger partial charge in [0.15, 0.2) is 11.5 Å². The van der Waals surface area contributed by atoms with Crippen molar-refractivity contribution in [1.82, 2.24) is 24.6 Å². The minimum absolute atomic E-state index is 0.0866. The molecule has 5 heterocycles. The summed E-state index contributed by atoms with van der Waals surface area (Å²) in [5, 5.41) is 18.4. The first kappa shape index (κ1) is 22.8. The van der Waals surface area contributed by atoms with Crippen molar-refractivity contribution in [3.05, 3.63) is 48.0 Å². The van der Waals surface area contributed by atoms with Gasteiger partial charge in [0.25, 0.3) is 6.43 Å². The van der Waals surface area contributed by atoms with Crippen molar-refractivity contribution in [2.24, 2.45) is 5.92 Å². The van der Waals surface area contributed by atoms with Crippen molar-refractivity contribution >= 4 is 28.1 Å². The van der Waals surface area contributed by atoms with Gasteiger partial charge in [0.2, 0.25) is 5.91 Å². The molecule has 12 heteroatoms. The van der Waals surface area contributed by atoms with Gasteiger partial charge < -0.3 is 15.2 Å². The van der Waals surface area contributed by atoms with E-state index in [1.165, 1.54) is 23.0 Å². The number of halogens is 3. The fourth-order valence-electron chi connectivity index (χ4n) is 4.51. The Morgan fingerprint density at radius 1 is 1.25 bits per heavy atom. The number of amides is 1. The molecule has 3 atom stereocenters. The average Bonchev–Trinajstić information content (AvgIpc) is 3.45. The second-order valence-electron chi connectivity index (χ2n) is 9.16. The van der Waals surface area contributed by atoms with E-state index in [-0.39, 0.29) is 30.1 Å². The minimum Gasteiger partial charge on any atom is -0.383 e. The highest BCUT2D eigenvalue weighted by Crippen LogP contribution is 2.36. The van der Waals surface area contributed by atoms with Gasteiger partial charge in [-0.1, -0.05) is 6.07 Å². The Balaban J connectivity index is 1.42. The van der Waals surface area contributed by atoms with Crippen LogP contribution in [0.15, 0.2) is 36.8 Å². The smallest absolute Gasteiger partial charge is 0.281 e. The second kappa shape index (κ2) is 8.49. The fraction of sp³-hybridized carbons (Fsp3) is 0.375. The van der Waals surface area contributed by atoms with Gasteiger partial charge in [-0.2, -0.15) is 0 Å². The van der Waals surface area contributed by atoms with E-state index in [1.54, 1.807) is 18.3 Å². The van der Waals surface area contributed by atoms with E-state index in [4.69, 9.17) is 4.74 Å². The number of rotatable bonds is 5. The lowest BCUT2D eigenvalue weighted by Gasteiger charge is -2.32. The Labute approximate surface area is 202 Å². The maximum absolute atomic E-state index is 13.7. The molecule has 4 aromatic heterocycles. The lowest BCUT2D eigenvalue weighted by Crippen LogP contribution is -2.36. The molecule has 1 saturated heterocycles. The summed E-state index contributed by atoms with van der Waals surface area (Å²) in [6.45, 7) is 0.772. The number of hydrogen-bond donors (Lipinski definition) is 2. The SMILES string of the molecule is O=C(Nc1cc2c(-c3nc4ccc([C@]5(O)CCCOC5)cn4n3)cnc(C(F)F)c2cn1)[C@@H]1C[C@@H]1F. The summed E-state index contributed by atoms with van der Waals surface area (Å²) in [6.07, 6.45) is 1.53. The van der Waals surface area contributed by atoms with Crippen molar-refractivity contribution < 1.29 is 27.8 Å². The molecule has 6 rings (SSSR count). The zero-order valence-corrected chi connectivity index (χ0v) is 18.9. The summed E-state index contributed by atoms with van der Waals surface area (Å²) < 4.78 is 47.5. The number of alkyl halides is 3. The number of anilines is 1. The van der Waals surface area contributed by atoms with Crippen LogP contribution in [0.4, 0.5) is 19.0 Å². The number of fused-ring (bicyclic) bond motifs is 2. The first-order valence-electron chi connectivity index (χ1n) is 11.5. The lowest BCUT2D eigenvalue weighted by atomic mass is 9.90. The molecule has 2 fully saturated rings. The van der Waals surface area contributed by atoms with Crippen molar-refractivity contribution in [2.45, 2.75) is 37.5 Å². The highest BCUT2D eigenvalue weighted by molar-refractivity contribution is 6.00. The normalized spacial score (nSPS) is 23.9. The van der Waals surface area contributed by atoms with Crippen LogP contribution in [-0.2, 0) is 15.1 Å². The Kier molecular flexibility index (Phi) is 5.38. The molecule has 1 amide bonds. The number of aromatic nitrogens is 5. The first-order valence-corrected chi connectivity index (χ1v) is 11.5. The monoisotopic (exact) mass is 498 g/mol. The zero-order chi connectivity index (χ0) is 25.0. The summed E-state index contributed by atoms with van der Waals surface area (Å²) >= 11 is 0. The van der Waals surface area contributed by atoms with Crippen LogP contribution in [0, 0.1) is 5.92 Å². The van der Waals surface area contributed by atoms with Crippen LogP contribution in [0.1, 0.15) is 36.9 Å². The standard InChI is InChI=1S/C24H21F3N6O3/c25-17-6-14(17)23(34)30-18-7-13-15(8-28-18)20(21(26)27)29-9-16(13)22-31-19-3-2-12(10-33(19)32-22)24(35)4-1-5-36-11-24/h2-3,7-10,14,17,21,35H,1,4-6,11H2,(H,28,30,34)/t14-,17+,24+/m1/s1. The van der Waals surface area contributed by atoms with Gasteiger partial charge in [-0.15, -0.1) is 5.10 Å². The molecule has 1 saturated carbocycles. The third-order valence-corrected chi connectivity index (χ3v) is 6.64. The largest absolute Gasteiger partial charge is 0.383 e. The first-order chi connectivity index (χ1) is 17.3. The summed E-state index contributed by atoms with van der Waals surface area (Å²) in [5.74, 6) is -0.923. The number of pyridine rings is 3. The van der Waals surface area contributed by atoms with Gasteiger partial charge in [0.05, 0.1) is 12.5 Å². The molecule has 0 unspecified atom stereocenters. The second-order valence-corrected chi connectivity index (χ2v) is 9.16. The molecule has 36 heavy (non-hydrogen) atoms. The fourth-order valence-corrected chi connectivity index (χ4v) is 4.51. The molecular weight excluding hydrogens is 477 g/mol. The van der Waals surface area contributed by atoms with Crippen LogP contribution in [0.5, 0.6) is 0 Å². The van der Waals surface area contributed by atoms with Crippen LogP contribution in [0.3, 0.4) is 0 Å². The van der Waals surface area contributed by atoms with E-state index in [1.807, 2.05) is 0 Å². The third kappa shape index (κ3) is 3.95. The predicted octanol–water partition coefficient (Wildman–Crippen LogP) is 3.57.